The first-order chi connectivity index (χ1) is 9.16. The van der Waals surface area contributed by atoms with Gasteiger partial charge in [-0.05, 0) is 32.0 Å². The summed E-state index contributed by atoms with van der Waals surface area (Å²) < 4.78 is 7.81. The van der Waals surface area contributed by atoms with Crippen molar-refractivity contribution >= 4 is 22.6 Å². The SMILES string of the molecule is CC(C)n1c(C2COCCN2)nc2cc(Cl)ccc21. The normalized spacial score (nSPS) is 20.3. The van der Waals surface area contributed by atoms with Crippen LogP contribution in [0.4, 0.5) is 0 Å². The molecule has 1 aromatic carbocycles. The zero-order chi connectivity index (χ0) is 13.4. The van der Waals surface area contributed by atoms with Crippen LogP contribution in [0.25, 0.3) is 11.0 Å². The highest BCUT2D eigenvalue weighted by Gasteiger charge is 2.23. The summed E-state index contributed by atoms with van der Waals surface area (Å²) in [5, 5.41) is 4.19. The predicted molar refractivity (Wildman–Crippen MR) is 76.7 cm³/mol. The molecule has 0 saturated carbocycles. The van der Waals surface area contributed by atoms with E-state index in [0.717, 1.165) is 35.0 Å². The standard InChI is InChI=1S/C14H18ClN3O/c1-9(2)18-13-4-3-10(15)7-11(13)17-14(18)12-8-19-6-5-16-12/h3-4,7,9,12,16H,5-6,8H2,1-2H3. The second kappa shape index (κ2) is 5.12. The molecule has 19 heavy (non-hydrogen) atoms. The molecule has 0 aliphatic carbocycles. The largest absolute Gasteiger partial charge is 0.378 e. The molecule has 1 aliphatic rings. The summed E-state index contributed by atoms with van der Waals surface area (Å²) in [6.45, 7) is 6.65. The van der Waals surface area contributed by atoms with Gasteiger partial charge in [0.25, 0.3) is 0 Å². The molecule has 0 spiro atoms. The molecule has 1 aliphatic heterocycles. The first-order valence-electron chi connectivity index (χ1n) is 6.65. The van der Waals surface area contributed by atoms with Crippen molar-refractivity contribution < 1.29 is 4.74 Å². The van der Waals surface area contributed by atoms with Gasteiger partial charge >= 0.3 is 0 Å². The number of nitrogens with zero attached hydrogens (tertiary/aromatic N) is 2. The second-order valence-corrected chi connectivity index (χ2v) is 5.58. The molecule has 0 amide bonds. The third kappa shape index (κ3) is 2.36. The van der Waals surface area contributed by atoms with E-state index in [1.807, 2.05) is 18.2 Å². The molecule has 0 bridgehead atoms. The zero-order valence-corrected chi connectivity index (χ0v) is 11.9. The molecule has 3 rings (SSSR count). The summed E-state index contributed by atoms with van der Waals surface area (Å²) in [6.07, 6.45) is 0. The van der Waals surface area contributed by atoms with Crippen LogP contribution in [0.2, 0.25) is 5.02 Å². The lowest BCUT2D eigenvalue weighted by molar-refractivity contribution is 0.0729. The average Bonchev–Trinajstić information content (AvgIpc) is 2.78. The van der Waals surface area contributed by atoms with Crippen molar-refractivity contribution in [1.82, 2.24) is 14.9 Å². The Bertz CT molecular complexity index is 588. The molecule has 1 N–H and O–H groups in total. The number of fused-ring (bicyclic) bond motifs is 1. The Kier molecular flexibility index (Phi) is 3.48. The van der Waals surface area contributed by atoms with Crippen molar-refractivity contribution in [2.45, 2.75) is 25.9 Å². The van der Waals surface area contributed by atoms with E-state index in [0.29, 0.717) is 12.6 Å². The molecule has 1 saturated heterocycles. The van der Waals surface area contributed by atoms with Gasteiger partial charge in [0, 0.05) is 17.6 Å². The number of benzene rings is 1. The van der Waals surface area contributed by atoms with E-state index < -0.39 is 0 Å². The van der Waals surface area contributed by atoms with Gasteiger partial charge in [-0.3, -0.25) is 0 Å². The highest BCUT2D eigenvalue weighted by atomic mass is 35.5. The number of hydrogen-bond donors (Lipinski definition) is 1. The minimum atomic E-state index is 0.155. The zero-order valence-electron chi connectivity index (χ0n) is 11.2. The van der Waals surface area contributed by atoms with Crippen LogP contribution >= 0.6 is 11.6 Å². The van der Waals surface area contributed by atoms with E-state index >= 15 is 0 Å². The summed E-state index contributed by atoms with van der Waals surface area (Å²) in [6, 6.07) is 6.38. The van der Waals surface area contributed by atoms with E-state index in [1.54, 1.807) is 0 Å². The Morgan fingerprint density at radius 2 is 2.32 bits per heavy atom. The molecular formula is C14H18ClN3O. The number of hydrogen-bond acceptors (Lipinski definition) is 3. The molecule has 4 nitrogen and oxygen atoms in total. The monoisotopic (exact) mass is 279 g/mol. The Hall–Kier alpha value is -1.10. The van der Waals surface area contributed by atoms with E-state index in [1.165, 1.54) is 0 Å². The van der Waals surface area contributed by atoms with E-state index in [2.05, 4.69) is 23.7 Å². The number of morpholine rings is 1. The molecule has 1 fully saturated rings. The maximum atomic E-state index is 6.06. The van der Waals surface area contributed by atoms with E-state index in [9.17, 15) is 0 Å². The number of imidazole rings is 1. The van der Waals surface area contributed by atoms with Crippen LogP contribution in [-0.2, 0) is 4.74 Å². The van der Waals surface area contributed by atoms with Crippen molar-refractivity contribution in [3.63, 3.8) is 0 Å². The quantitative estimate of drug-likeness (QED) is 0.919. The van der Waals surface area contributed by atoms with Crippen molar-refractivity contribution in [2.75, 3.05) is 19.8 Å². The summed E-state index contributed by atoms with van der Waals surface area (Å²) in [5.41, 5.74) is 2.07. The van der Waals surface area contributed by atoms with Gasteiger partial charge < -0.3 is 14.6 Å². The molecule has 1 atom stereocenters. The maximum Gasteiger partial charge on any atom is 0.129 e. The highest BCUT2D eigenvalue weighted by Crippen LogP contribution is 2.27. The van der Waals surface area contributed by atoms with Crippen molar-refractivity contribution in [3.05, 3.63) is 29.0 Å². The Morgan fingerprint density at radius 3 is 3.00 bits per heavy atom. The van der Waals surface area contributed by atoms with Gasteiger partial charge in [0.15, 0.2) is 0 Å². The number of halogens is 1. The van der Waals surface area contributed by atoms with Crippen LogP contribution in [0.1, 0.15) is 31.8 Å². The lowest BCUT2D eigenvalue weighted by Gasteiger charge is -2.25. The summed E-state index contributed by atoms with van der Waals surface area (Å²) >= 11 is 6.06. The number of aromatic nitrogens is 2. The predicted octanol–water partition coefficient (Wildman–Crippen LogP) is 2.93. The van der Waals surface area contributed by atoms with Crippen LogP contribution in [0.5, 0.6) is 0 Å². The first kappa shape index (κ1) is 12.9. The Morgan fingerprint density at radius 1 is 1.47 bits per heavy atom. The Labute approximate surface area is 117 Å². The van der Waals surface area contributed by atoms with Crippen molar-refractivity contribution in [2.24, 2.45) is 0 Å². The Balaban J connectivity index is 2.13. The smallest absolute Gasteiger partial charge is 0.129 e. The maximum absolute atomic E-state index is 6.06. The minimum Gasteiger partial charge on any atom is -0.378 e. The van der Waals surface area contributed by atoms with Gasteiger partial charge in [0.05, 0.1) is 30.3 Å². The van der Waals surface area contributed by atoms with E-state index in [4.69, 9.17) is 21.3 Å². The molecule has 5 heteroatoms. The third-order valence-electron chi connectivity index (χ3n) is 3.43. The van der Waals surface area contributed by atoms with Gasteiger partial charge in [0.1, 0.15) is 5.82 Å². The van der Waals surface area contributed by atoms with Gasteiger partial charge in [-0.2, -0.15) is 0 Å². The van der Waals surface area contributed by atoms with Crippen LogP contribution in [-0.4, -0.2) is 29.3 Å². The van der Waals surface area contributed by atoms with Crippen LogP contribution in [0.3, 0.4) is 0 Å². The topological polar surface area (TPSA) is 39.1 Å². The summed E-state index contributed by atoms with van der Waals surface area (Å²) in [7, 11) is 0. The number of nitrogens with one attached hydrogen (secondary N) is 1. The highest BCUT2D eigenvalue weighted by molar-refractivity contribution is 6.31. The van der Waals surface area contributed by atoms with Crippen LogP contribution < -0.4 is 5.32 Å². The van der Waals surface area contributed by atoms with Crippen LogP contribution in [0, 0.1) is 0 Å². The molecular weight excluding hydrogens is 262 g/mol. The molecule has 1 aromatic heterocycles. The molecule has 2 aromatic rings. The molecule has 0 radical (unpaired) electrons. The van der Waals surface area contributed by atoms with E-state index in [-0.39, 0.29) is 6.04 Å². The third-order valence-corrected chi connectivity index (χ3v) is 3.66. The number of rotatable bonds is 2. The molecule has 2 heterocycles. The second-order valence-electron chi connectivity index (χ2n) is 5.15. The van der Waals surface area contributed by atoms with Gasteiger partial charge in [-0.25, -0.2) is 4.98 Å². The average molecular weight is 280 g/mol. The molecule has 102 valence electrons. The summed E-state index contributed by atoms with van der Waals surface area (Å²) in [4.78, 5) is 4.75. The minimum absolute atomic E-state index is 0.155. The fourth-order valence-corrected chi connectivity index (χ4v) is 2.78. The molecule has 1 unspecified atom stereocenters. The number of ether oxygens (including phenoxy) is 1. The van der Waals surface area contributed by atoms with Gasteiger partial charge in [-0.1, -0.05) is 11.6 Å². The van der Waals surface area contributed by atoms with Gasteiger partial charge in [0.2, 0.25) is 0 Å². The first-order valence-corrected chi connectivity index (χ1v) is 7.03. The van der Waals surface area contributed by atoms with Crippen LogP contribution in [0.15, 0.2) is 18.2 Å². The fourth-order valence-electron chi connectivity index (χ4n) is 2.61. The van der Waals surface area contributed by atoms with Crippen molar-refractivity contribution in [3.8, 4) is 0 Å². The van der Waals surface area contributed by atoms with Gasteiger partial charge in [-0.15, -0.1) is 0 Å². The van der Waals surface area contributed by atoms with Crippen molar-refractivity contribution in [1.29, 1.82) is 0 Å². The lowest BCUT2D eigenvalue weighted by atomic mass is 10.2. The lowest BCUT2D eigenvalue weighted by Crippen LogP contribution is -2.36. The summed E-state index contributed by atoms with van der Waals surface area (Å²) in [5.74, 6) is 1.03. The fraction of sp³-hybridized carbons (Fsp3) is 0.500.